The van der Waals surface area contributed by atoms with E-state index < -0.39 is 10.0 Å². The fraction of sp³-hybridized carbons (Fsp3) is 0.200. The minimum atomic E-state index is -3.66. The van der Waals surface area contributed by atoms with Crippen LogP contribution in [0.1, 0.15) is 5.01 Å². The zero-order chi connectivity index (χ0) is 13.9. The molecule has 0 spiro atoms. The number of thiazole rings is 1. The molecule has 6 nitrogen and oxygen atoms in total. The highest BCUT2D eigenvalue weighted by molar-refractivity contribution is 9.10. The minimum Gasteiger partial charge on any atom is -0.383 e. The van der Waals surface area contributed by atoms with Gasteiger partial charge in [0.25, 0.3) is 0 Å². The molecule has 0 saturated carbocycles. The molecule has 0 aliphatic carbocycles. The molecule has 0 bridgehead atoms. The van der Waals surface area contributed by atoms with Crippen LogP contribution in [-0.4, -0.2) is 24.9 Å². The summed E-state index contributed by atoms with van der Waals surface area (Å²) in [6.07, 6.45) is 3.67. The molecule has 0 amide bonds. The van der Waals surface area contributed by atoms with Crippen LogP contribution in [0.15, 0.2) is 33.2 Å². The van der Waals surface area contributed by atoms with Gasteiger partial charge in [-0.1, -0.05) is 0 Å². The van der Waals surface area contributed by atoms with Crippen LogP contribution in [0.4, 0.5) is 5.82 Å². The van der Waals surface area contributed by atoms with Crippen LogP contribution in [0.2, 0.25) is 0 Å². The van der Waals surface area contributed by atoms with E-state index in [9.17, 15) is 8.42 Å². The van der Waals surface area contributed by atoms with Gasteiger partial charge < -0.3 is 5.73 Å². The summed E-state index contributed by atoms with van der Waals surface area (Å²) in [5.74, 6) is -0.0232. The van der Waals surface area contributed by atoms with Gasteiger partial charge >= 0.3 is 0 Å². The number of hydrogen-bond acceptors (Lipinski definition) is 6. The highest BCUT2D eigenvalue weighted by atomic mass is 79.9. The number of nitrogen functional groups attached to an aromatic ring is 1. The molecule has 0 aliphatic rings. The van der Waals surface area contributed by atoms with E-state index in [1.807, 2.05) is 5.38 Å². The first-order chi connectivity index (χ1) is 8.99. The minimum absolute atomic E-state index is 0.0232. The number of aromatic nitrogens is 2. The zero-order valence-corrected chi connectivity index (χ0v) is 12.9. The zero-order valence-electron chi connectivity index (χ0n) is 9.71. The van der Waals surface area contributed by atoms with Crippen LogP contribution in [0.25, 0.3) is 0 Å². The van der Waals surface area contributed by atoms with Crippen molar-refractivity contribution in [3.05, 3.63) is 33.3 Å². The molecular weight excluding hydrogens is 352 g/mol. The van der Waals surface area contributed by atoms with E-state index in [1.54, 1.807) is 6.20 Å². The van der Waals surface area contributed by atoms with Gasteiger partial charge in [-0.25, -0.2) is 23.1 Å². The quantitative estimate of drug-likeness (QED) is 0.837. The lowest BCUT2D eigenvalue weighted by molar-refractivity contribution is 0.581. The van der Waals surface area contributed by atoms with E-state index in [1.165, 1.54) is 23.6 Å². The molecule has 9 heteroatoms. The van der Waals surface area contributed by atoms with Crippen LogP contribution in [0.5, 0.6) is 0 Å². The molecule has 0 unspecified atom stereocenters. The third-order valence-corrected chi connectivity index (χ3v) is 5.02. The predicted molar refractivity (Wildman–Crippen MR) is 77.4 cm³/mol. The molecule has 0 aliphatic heterocycles. The molecule has 3 N–H and O–H groups in total. The fourth-order valence-electron chi connectivity index (χ4n) is 1.39. The topological polar surface area (TPSA) is 98.0 Å². The van der Waals surface area contributed by atoms with Crippen LogP contribution >= 0.6 is 27.3 Å². The van der Waals surface area contributed by atoms with Crippen molar-refractivity contribution in [2.24, 2.45) is 0 Å². The van der Waals surface area contributed by atoms with E-state index in [-0.39, 0.29) is 17.3 Å². The number of nitrogens with two attached hydrogens (primary N) is 1. The Morgan fingerprint density at radius 3 is 2.89 bits per heavy atom. The molecule has 0 aromatic carbocycles. The SMILES string of the molecule is Nc1ncc(Br)cc1S(=O)(=O)NCCc1nccs1. The third-order valence-electron chi connectivity index (χ3n) is 2.25. The number of sulfonamides is 1. The second kappa shape index (κ2) is 5.95. The monoisotopic (exact) mass is 362 g/mol. The Hall–Kier alpha value is -1.03. The van der Waals surface area contributed by atoms with Gasteiger partial charge in [0, 0.05) is 35.2 Å². The van der Waals surface area contributed by atoms with Crippen molar-refractivity contribution in [1.82, 2.24) is 14.7 Å². The molecule has 0 saturated heterocycles. The maximum Gasteiger partial charge on any atom is 0.244 e. The molecule has 2 heterocycles. The highest BCUT2D eigenvalue weighted by Gasteiger charge is 2.18. The average Bonchev–Trinajstić information content (AvgIpc) is 2.85. The van der Waals surface area contributed by atoms with Gasteiger partial charge in [-0.3, -0.25) is 0 Å². The smallest absolute Gasteiger partial charge is 0.244 e. The Morgan fingerprint density at radius 1 is 1.42 bits per heavy atom. The first-order valence-electron chi connectivity index (χ1n) is 5.28. The van der Waals surface area contributed by atoms with E-state index >= 15 is 0 Å². The number of nitrogens with one attached hydrogen (secondary N) is 1. The van der Waals surface area contributed by atoms with Crippen LogP contribution in [0.3, 0.4) is 0 Å². The van der Waals surface area contributed by atoms with Crippen molar-refractivity contribution in [3.63, 3.8) is 0 Å². The Labute approximate surface area is 123 Å². The summed E-state index contributed by atoms with van der Waals surface area (Å²) < 4.78 is 27.2. The number of hydrogen-bond donors (Lipinski definition) is 2. The number of anilines is 1. The van der Waals surface area contributed by atoms with Crippen LogP contribution in [0, 0.1) is 0 Å². The normalized spacial score (nSPS) is 11.6. The number of pyridine rings is 1. The van der Waals surface area contributed by atoms with Gasteiger partial charge in [0.2, 0.25) is 10.0 Å². The lowest BCUT2D eigenvalue weighted by Crippen LogP contribution is -2.27. The molecule has 0 atom stereocenters. The van der Waals surface area contributed by atoms with Crippen LogP contribution in [-0.2, 0) is 16.4 Å². The van der Waals surface area contributed by atoms with Gasteiger partial charge in [-0.15, -0.1) is 11.3 Å². The molecule has 2 aromatic heterocycles. The first kappa shape index (κ1) is 14.4. The molecule has 0 fully saturated rings. The van der Waals surface area contributed by atoms with E-state index in [4.69, 9.17) is 5.73 Å². The summed E-state index contributed by atoms with van der Waals surface area (Å²) in [5, 5.41) is 2.73. The summed E-state index contributed by atoms with van der Waals surface area (Å²) in [7, 11) is -3.66. The molecule has 2 rings (SSSR count). The maximum absolute atomic E-state index is 12.1. The van der Waals surface area contributed by atoms with Gasteiger partial charge in [0.1, 0.15) is 10.7 Å². The third kappa shape index (κ3) is 3.72. The van der Waals surface area contributed by atoms with Crippen molar-refractivity contribution < 1.29 is 8.42 Å². The largest absolute Gasteiger partial charge is 0.383 e. The van der Waals surface area contributed by atoms with Gasteiger partial charge in [0.15, 0.2) is 0 Å². The second-order valence-corrected chi connectivity index (χ2v) is 7.24. The summed E-state index contributed by atoms with van der Waals surface area (Å²) in [5.41, 5.74) is 5.58. The van der Waals surface area contributed by atoms with Gasteiger partial charge in [0.05, 0.1) is 5.01 Å². The lowest BCUT2D eigenvalue weighted by atomic mass is 10.5. The van der Waals surface area contributed by atoms with Crippen molar-refractivity contribution in [1.29, 1.82) is 0 Å². The highest BCUT2D eigenvalue weighted by Crippen LogP contribution is 2.20. The maximum atomic E-state index is 12.1. The number of rotatable bonds is 5. The van der Waals surface area contributed by atoms with Crippen molar-refractivity contribution in [3.8, 4) is 0 Å². The summed E-state index contributed by atoms with van der Waals surface area (Å²) in [4.78, 5) is 7.86. The number of halogens is 1. The molecule has 2 aromatic rings. The summed E-state index contributed by atoms with van der Waals surface area (Å²) in [6, 6.07) is 1.42. The molecular formula is C10H11BrN4O2S2. The molecule has 19 heavy (non-hydrogen) atoms. The first-order valence-corrected chi connectivity index (χ1v) is 8.43. The predicted octanol–water partition coefficient (Wildman–Crippen LogP) is 1.40. The Balaban J connectivity index is 2.07. The van der Waals surface area contributed by atoms with E-state index in [0.29, 0.717) is 10.9 Å². The number of nitrogens with zero attached hydrogens (tertiary/aromatic N) is 2. The van der Waals surface area contributed by atoms with Gasteiger partial charge in [-0.05, 0) is 22.0 Å². The van der Waals surface area contributed by atoms with Gasteiger partial charge in [-0.2, -0.15) is 0 Å². The lowest BCUT2D eigenvalue weighted by Gasteiger charge is -2.08. The molecule has 0 radical (unpaired) electrons. The summed E-state index contributed by atoms with van der Waals surface area (Å²) >= 11 is 4.65. The molecule has 102 valence electrons. The Morgan fingerprint density at radius 2 is 2.21 bits per heavy atom. The Bertz CT molecular complexity index is 658. The second-order valence-electron chi connectivity index (χ2n) is 3.61. The fourth-order valence-corrected chi connectivity index (χ4v) is 3.63. The van der Waals surface area contributed by atoms with Crippen molar-refractivity contribution in [2.75, 3.05) is 12.3 Å². The van der Waals surface area contributed by atoms with E-state index in [0.717, 1.165) is 5.01 Å². The van der Waals surface area contributed by atoms with Crippen molar-refractivity contribution >= 4 is 43.1 Å². The standard InChI is InChI=1S/C10H11BrN4O2S2/c11-7-5-8(10(12)14-6-7)19(16,17)15-2-1-9-13-3-4-18-9/h3-6,15H,1-2H2,(H2,12,14). The van der Waals surface area contributed by atoms with E-state index in [2.05, 4.69) is 30.6 Å². The Kier molecular flexibility index (Phi) is 4.50. The average molecular weight is 363 g/mol. The van der Waals surface area contributed by atoms with Crippen LogP contribution < -0.4 is 10.5 Å². The van der Waals surface area contributed by atoms with Crippen molar-refractivity contribution in [2.45, 2.75) is 11.3 Å². The summed E-state index contributed by atoms with van der Waals surface area (Å²) in [6.45, 7) is 0.266.